The molecule has 1 fully saturated rings. The Balaban J connectivity index is 2.77. The zero-order valence-corrected chi connectivity index (χ0v) is 10.3. The molecule has 0 aliphatic carbocycles. The molecule has 84 valence electrons. The lowest BCUT2D eigenvalue weighted by atomic mass is 10.0. The molecule has 2 atom stereocenters. The fourth-order valence-corrected chi connectivity index (χ4v) is 3.95. The lowest BCUT2D eigenvalue weighted by molar-refractivity contribution is 0.322. The molecule has 1 N–H and O–H groups in total. The van der Waals surface area contributed by atoms with E-state index in [1.807, 2.05) is 0 Å². The first-order valence-corrected chi connectivity index (χ1v) is 7.10. The number of sulfone groups is 1. The SMILES string of the molecule is CC(C)[C@@H]1CS(=O)(=O)C[C@H](C(C)C)N1. The topological polar surface area (TPSA) is 46.2 Å². The maximum atomic E-state index is 11.6. The molecule has 0 bridgehead atoms. The third-order valence-corrected chi connectivity index (χ3v) is 4.64. The van der Waals surface area contributed by atoms with Crippen LogP contribution in [0.15, 0.2) is 0 Å². The van der Waals surface area contributed by atoms with Crippen molar-refractivity contribution in [1.82, 2.24) is 5.32 Å². The van der Waals surface area contributed by atoms with E-state index in [-0.39, 0.29) is 12.1 Å². The summed E-state index contributed by atoms with van der Waals surface area (Å²) in [5, 5.41) is 3.43. The van der Waals surface area contributed by atoms with Crippen LogP contribution >= 0.6 is 0 Å². The molecule has 1 heterocycles. The van der Waals surface area contributed by atoms with Crippen LogP contribution < -0.4 is 5.32 Å². The van der Waals surface area contributed by atoms with Crippen LogP contribution in [0.25, 0.3) is 0 Å². The van der Waals surface area contributed by atoms with Gasteiger partial charge in [-0.05, 0) is 11.8 Å². The number of nitrogens with one attached hydrogen (secondary N) is 1. The molecule has 1 rings (SSSR count). The Morgan fingerprint density at radius 2 is 1.36 bits per heavy atom. The molecule has 1 saturated heterocycles. The van der Waals surface area contributed by atoms with Crippen molar-refractivity contribution in [2.45, 2.75) is 39.8 Å². The minimum Gasteiger partial charge on any atom is -0.309 e. The number of rotatable bonds is 2. The highest BCUT2D eigenvalue weighted by Crippen LogP contribution is 2.17. The molecular weight excluding hydrogens is 198 g/mol. The second kappa shape index (κ2) is 4.19. The van der Waals surface area contributed by atoms with E-state index in [0.29, 0.717) is 23.3 Å². The van der Waals surface area contributed by atoms with Gasteiger partial charge in [0.05, 0.1) is 11.5 Å². The van der Waals surface area contributed by atoms with Crippen LogP contribution in [0.4, 0.5) is 0 Å². The average molecular weight is 219 g/mol. The summed E-state index contributed by atoms with van der Waals surface area (Å²) in [7, 11) is -2.83. The monoisotopic (exact) mass is 219 g/mol. The van der Waals surface area contributed by atoms with E-state index >= 15 is 0 Å². The summed E-state index contributed by atoms with van der Waals surface area (Å²) < 4.78 is 23.3. The molecule has 0 radical (unpaired) electrons. The predicted molar refractivity (Wildman–Crippen MR) is 59.0 cm³/mol. The summed E-state index contributed by atoms with van der Waals surface area (Å²) >= 11 is 0. The van der Waals surface area contributed by atoms with Crippen molar-refractivity contribution in [3.8, 4) is 0 Å². The first-order chi connectivity index (χ1) is 6.32. The Morgan fingerprint density at radius 1 is 1.00 bits per heavy atom. The summed E-state index contributed by atoms with van der Waals surface area (Å²) in [5.74, 6) is 1.36. The molecular formula is C10H21NO2S. The molecule has 0 aromatic heterocycles. The molecule has 0 unspecified atom stereocenters. The van der Waals surface area contributed by atoms with Gasteiger partial charge in [-0.3, -0.25) is 0 Å². The van der Waals surface area contributed by atoms with E-state index in [9.17, 15) is 8.42 Å². The second-order valence-corrected chi connectivity index (χ2v) is 7.10. The summed E-state index contributed by atoms with van der Waals surface area (Å²) in [6, 6.07) is 0.252. The number of hydrogen-bond donors (Lipinski definition) is 1. The Morgan fingerprint density at radius 3 is 1.64 bits per heavy atom. The fraction of sp³-hybridized carbons (Fsp3) is 1.00. The Kier molecular flexibility index (Phi) is 3.58. The van der Waals surface area contributed by atoms with Gasteiger partial charge in [-0.15, -0.1) is 0 Å². The third kappa shape index (κ3) is 2.95. The van der Waals surface area contributed by atoms with Gasteiger partial charge >= 0.3 is 0 Å². The van der Waals surface area contributed by atoms with E-state index in [4.69, 9.17) is 0 Å². The molecule has 0 amide bonds. The van der Waals surface area contributed by atoms with Crippen LogP contribution in [0, 0.1) is 11.8 Å². The van der Waals surface area contributed by atoms with Crippen molar-refractivity contribution in [2.24, 2.45) is 11.8 Å². The molecule has 1 aliphatic rings. The minimum absolute atomic E-state index is 0.126. The molecule has 4 heteroatoms. The lowest BCUT2D eigenvalue weighted by Crippen LogP contribution is -2.55. The van der Waals surface area contributed by atoms with E-state index in [0.717, 1.165) is 0 Å². The molecule has 0 aromatic rings. The quantitative estimate of drug-likeness (QED) is 0.755. The normalized spacial score (nSPS) is 32.4. The number of hydrogen-bond acceptors (Lipinski definition) is 3. The van der Waals surface area contributed by atoms with Crippen LogP contribution in [-0.2, 0) is 9.84 Å². The van der Waals surface area contributed by atoms with Gasteiger partial charge in [0.15, 0.2) is 9.84 Å². The van der Waals surface area contributed by atoms with Crippen molar-refractivity contribution in [3.05, 3.63) is 0 Å². The van der Waals surface area contributed by atoms with Gasteiger partial charge < -0.3 is 5.32 Å². The lowest BCUT2D eigenvalue weighted by Gasteiger charge is -2.35. The minimum atomic E-state index is -2.83. The Labute approximate surface area is 87.2 Å². The fourth-order valence-electron chi connectivity index (χ4n) is 1.76. The molecule has 0 aromatic carbocycles. The zero-order valence-electron chi connectivity index (χ0n) is 9.45. The van der Waals surface area contributed by atoms with Crippen molar-refractivity contribution in [1.29, 1.82) is 0 Å². The summed E-state index contributed by atoms with van der Waals surface area (Å²) in [6.07, 6.45) is 0. The van der Waals surface area contributed by atoms with Crippen molar-refractivity contribution in [2.75, 3.05) is 11.5 Å². The molecule has 0 saturated carbocycles. The van der Waals surface area contributed by atoms with Gasteiger partial charge in [0, 0.05) is 12.1 Å². The van der Waals surface area contributed by atoms with Gasteiger partial charge in [-0.25, -0.2) is 8.42 Å². The first kappa shape index (κ1) is 12.0. The van der Waals surface area contributed by atoms with Crippen molar-refractivity contribution < 1.29 is 8.42 Å². The molecule has 0 spiro atoms. The summed E-state index contributed by atoms with van der Waals surface area (Å²) in [5.41, 5.74) is 0. The average Bonchev–Trinajstić information content (AvgIpc) is 2.01. The van der Waals surface area contributed by atoms with E-state index < -0.39 is 9.84 Å². The maximum Gasteiger partial charge on any atom is 0.153 e. The third-order valence-electron chi connectivity index (χ3n) is 2.90. The van der Waals surface area contributed by atoms with Crippen LogP contribution in [0.2, 0.25) is 0 Å². The van der Waals surface area contributed by atoms with Gasteiger partial charge in [-0.1, -0.05) is 27.7 Å². The largest absolute Gasteiger partial charge is 0.309 e. The highest BCUT2D eigenvalue weighted by atomic mass is 32.2. The van der Waals surface area contributed by atoms with E-state index in [1.165, 1.54) is 0 Å². The van der Waals surface area contributed by atoms with Crippen LogP contribution in [0.1, 0.15) is 27.7 Å². The predicted octanol–water partition coefficient (Wildman–Crippen LogP) is 1.05. The maximum absolute atomic E-state index is 11.6. The van der Waals surface area contributed by atoms with Gasteiger partial charge in [0.2, 0.25) is 0 Å². The highest BCUT2D eigenvalue weighted by Gasteiger charge is 2.33. The molecule has 14 heavy (non-hydrogen) atoms. The Bertz CT molecular complexity index is 260. The molecule has 3 nitrogen and oxygen atoms in total. The second-order valence-electron chi connectivity index (χ2n) is 4.94. The highest BCUT2D eigenvalue weighted by molar-refractivity contribution is 7.91. The van der Waals surface area contributed by atoms with E-state index in [2.05, 4.69) is 33.0 Å². The standard InChI is InChI=1S/C10H21NO2S/c1-7(2)9-5-14(12,13)6-10(11-9)8(3)4/h7-11H,5-6H2,1-4H3/t9-,10+. The van der Waals surface area contributed by atoms with Crippen LogP contribution in [0.3, 0.4) is 0 Å². The van der Waals surface area contributed by atoms with E-state index in [1.54, 1.807) is 0 Å². The first-order valence-electron chi connectivity index (χ1n) is 5.28. The summed E-state index contributed by atoms with van der Waals surface area (Å²) in [4.78, 5) is 0. The van der Waals surface area contributed by atoms with Crippen LogP contribution in [-0.4, -0.2) is 32.0 Å². The van der Waals surface area contributed by atoms with Gasteiger partial charge in [0.1, 0.15) is 0 Å². The van der Waals surface area contributed by atoms with Crippen LogP contribution in [0.5, 0.6) is 0 Å². The Hall–Kier alpha value is -0.0900. The smallest absolute Gasteiger partial charge is 0.153 e. The van der Waals surface area contributed by atoms with Crippen molar-refractivity contribution in [3.63, 3.8) is 0 Å². The van der Waals surface area contributed by atoms with Gasteiger partial charge in [-0.2, -0.15) is 0 Å². The zero-order chi connectivity index (χ0) is 10.9. The summed E-state index contributed by atoms with van der Waals surface area (Å²) in [6.45, 7) is 8.26. The van der Waals surface area contributed by atoms with Crippen molar-refractivity contribution >= 4 is 9.84 Å². The van der Waals surface area contributed by atoms with Gasteiger partial charge in [0.25, 0.3) is 0 Å². The molecule has 1 aliphatic heterocycles.